The average Bonchev–Trinajstić information content (AvgIpc) is 2.75. The van der Waals surface area contributed by atoms with E-state index in [-0.39, 0.29) is 18.2 Å². The maximum atomic E-state index is 11.5. The number of nitrogens with one attached hydrogen (secondary N) is 2. The quantitative estimate of drug-likeness (QED) is 0.611. The van der Waals surface area contributed by atoms with E-state index >= 15 is 0 Å². The number of aliphatic hydroxyl groups excluding tert-OH is 1. The van der Waals surface area contributed by atoms with Gasteiger partial charge in [-0.1, -0.05) is 6.08 Å². The lowest BCUT2D eigenvalue weighted by Crippen LogP contribution is -2.56. The van der Waals surface area contributed by atoms with Crippen LogP contribution in [0.1, 0.15) is 19.3 Å². The fourth-order valence-corrected chi connectivity index (χ4v) is 2.83. The minimum absolute atomic E-state index is 0.0455. The van der Waals surface area contributed by atoms with Gasteiger partial charge in [0.1, 0.15) is 0 Å². The average molecular weight is 239 g/mol. The van der Waals surface area contributed by atoms with Crippen LogP contribution in [-0.2, 0) is 0 Å². The number of fused-ring (bicyclic) bond motifs is 1. The number of aliphatic hydroxyl groups is 1. The van der Waals surface area contributed by atoms with E-state index in [9.17, 15) is 9.90 Å². The van der Waals surface area contributed by atoms with Crippen LogP contribution in [0.5, 0.6) is 0 Å². The second-order valence-electron chi connectivity index (χ2n) is 4.85. The topological polar surface area (TPSA) is 64.6 Å². The van der Waals surface area contributed by atoms with Crippen LogP contribution in [0.4, 0.5) is 4.79 Å². The van der Waals surface area contributed by atoms with Crippen LogP contribution < -0.4 is 10.6 Å². The molecule has 3 atom stereocenters. The number of carbonyl (C=O) groups excluding carboxylic acids is 1. The number of hydrogen-bond donors (Lipinski definition) is 3. The maximum absolute atomic E-state index is 11.5. The molecule has 5 heteroatoms. The molecule has 2 saturated heterocycles. The first kappa shape index (κ1) is 12.4. The summed E-state index contributed by atoms with van der Waals surface area (Å²) in [5.74, 6) is 0. The van der Waals surface area contributed by atoms with Crippen LogP contribution in [-0.4, -0.2) is 53.9 Å². The van der Waals surface area contributed by atoms with E-state index in [1.807, 2.05) is 0 Å². The highest BCUT2D eigenvalue weighted by Crippen LogP contribution is 2.27. The van der Waals surface area contributed by atoms with Gasteiger partial charge in [-0.05, 0) is 25.8 Å². The van der Waals surface area contributed by atoms with Gasteiger partial charge >= 0.3 is 6.03 Å². The Balaban J connectivity index is 1.82. The van der Waals surface area contributed by atoms with Gasteiger partial charge in [0.05, 0.1) is 6.10 Å². The highest BCUT2D eigenvalue weighted by Gasteiger charge is 2.38. The van der Waals surface area contributed by atoms with Crippen molar-refractivity contribution in [1.82, 2.24) is 15.5 Å². The van der Waals surface area contributed by atoms with E-state index in [0.29, 0.717) is 19.0 Å². The van der Waals surface area contributed by atoms with Crippen LogP contribution in [0.3, 0.4) is 0 Å². The molecule has 17 heavy (non-hydrogen) atoms. The van der Waals surface area contributed by atoms with Gasteiger partial charge in [-0.3, -0.25) is 4.90 Å². The van der Waals surface area contributed by atoms with E-state index in [1.165, 1.54) is 0 Å². The van der Waals surface area contributed by atoms with Gasteiger partial charge < -0.3 is 15.7 Å². The number of nitrogens with zero attached hydrogens (tertiary/aromatic N) is 1. The largest absolute Gasteiger partial charge is 0.391 e. The first-order valence-corrected chi connectivity index (χ1v) is 6.28. The molecule has 2 rings (SSSR count). The number of rotatable bonds is 3. The Morgan fingerprint density at radius 2 is 2.41 bits per heavy atom. The lowest BCUT2D eigenvalue weighted by Gasteiger charge is -2.38. The second-order valence-corrected chi connectivity index (χ2v) is 4.85. The monoisotopic (exact) mass is 239 g/mol. The van der Waals surface area contributed by atoms with Crippen molar-refractivity contribution in [3.63, 3.8) is 0 Å². The number of piperidine rings is 1. The minimum Gasteiger partial charge on any atom is -0.391 e. The number of carbonyl (C=O) groups is 1. The highest BCUT2D eigenvalue weighted by molar-refractivity contribution is 5.74. The standard InChI is InChI=1S/C12H21N3O2/c1-2-5-13-12(17)14-9-7-11(16)10-4-3-6-15(10)8-9/h2,9-11,16H,1,3-8H2,(H2,13,14,17)/t9?,10?,11-/m0/s1. The Hall–Kier alpha value is -1.07. The number of amides is 2. The minimum atomic E-state index is -0.309. The van der Waals surface area contributed by atoms with Crippen molar-refractivity contribution in [3.8, 4) is 0 Å². The van der Waals surface area contributed by atoms with Crippen LogP contribution in [0.25, 0.3) is 0 Å². The zero-order chi connectivity index (χ0) is 12.3. The third kappa shape index (κ3) is 2.98. The summed E-state index contributed by atoms with van der Waals surface area (Å²) in [6, 6.07) is 0.174. The molecule has 0 aromatic rings. The smallest absolute Gasteiger partial charge is 0.315 e. The summed E-state index contributed by atoms with van der Waals surface area (Å²) in [6.45, 7) is 5.90. The molecule has 2 aliphatic heterocycles. The number of urea groups is 1. The third-order valence-corrected chi connectivity index (χ3v) is 3.58. The predicted octanol–water partition coefficient (Wildman–Crippen LogP) is 0.0692. The molecule has 2 unspecified atom stereocenters. The lowest BCUT2D eigenvalue weighted by molar-refractivity contribution is 0.0202. The second kappa shape index (κ2) is 5.51. The molecule has 2 amide bonds. The molecule has 96 valence electrons. The van der Waals surface area contributed by atoms with Gasteiger partial charge in [-0.2, -0.15) is 0 Å². The van der Waals surface area contributed by atoms with E-state index in [1.54, 1.807) is 6.08 Å². The Morgan fingerprint density at radius 3 is 3.18 bits per heavy atom. The van der Waals surface area contributed by atoms with Crippen molar-refractivity contribution < 1.29 is 9.90 Å². The van der Waals surface area contributed by atoms with Crippen molar-refractivity contribution >= 4 is 6.03 Å². The highest BCUT2D eigenvalue weighted by atomic mass is 16.3. The molecule has 0 aromatic carbocycles. The van der Waals surface area contributed by atoms with Crippen LogP contribution in [0.15, 0.2) is 12.7 Å². The van der Waals surface area contributed by atoms with Gasteiger partial charge in [-0.25, -0.2) is 4.79 Å². The Kier molecular flexibility index (Phi) is 4.02. The first-order valence-electron chi connectivity index (χ1n) is 6.28. The third-order valence-electron chi connectivity index (χ3n) is 3.58. The molecule has 0 radical (unpaired) electrons. The summed E-state index contributed by atoms with van der Waals surface area (Å²) in [4.78, 5) is 13.8. The van der Waals surface area contributed by atoms with E-state index in [2.05, 4.69) is 22.1 Å². The summed E-state index contributed by atoms with van der Waals surface area (Å²) in [6.07, 6.45) is 4.22. The van der Waals surface area contributed by atoms with Gasteiger partial charge in [0.15, 0.2) is 0 Å². The molecule has 0 aromatic heterocycles. The molecule has 2 aliphatic rings. The SMILES string of the molecule is C=CCNC(=O)NC1C[C@H](O)C2CCCN2C1. The van der Waals surface area contributed by atoms with Gasteiger partial charge in [0, 0.05) is 25.2 Å². The van der Waals surface area contributed by atoms with Crippen molar-refractivity contribution in [2.24, 2.45) is 0 Å². The van der Waals surface area contributed by atoms with Crippen LogP contribution >= 0.6 is 0 Å². The summed E-state index contributed by atoms with van der Waals surface area (Å²) >= 11 is 0. The summed E-state index contributed by atoms with van der Waals surface area (Å²) in [7, 11) is 0. The fourth-order valence-electron chi connectivity index (χ4n) is 2.83. The molecular formula is C12H21N3O2. The van der Waals surface area contributed by atoms with Crippen LogP contribution in [0.2, 0.25) is 0 Å². The summed E-state index contributed by atoms with van der Waals surface area (Å²) in [5.41, 5.74) is 0. The van der Waals surface area contributed by atoms with E-state index < -0.39 is 0 Å². The van der Waals surface area contributed by atoms with E-state index in [4.69, 9.17) is 0 Å². The van der Waals surface area contributed by atoms with Crippen molar-refractivity contribution in [1.29, 1.82) is 0 Å². The number of hydrogen-bond acceptors (Lipinski definition) is 3. The molecule has 2 heterocycles. The Morgan fingerprint density at radius 1 is 1.59 bits per heavy atom. The molecule has 0 aliphatic carbocycles. The summed E-state index contributed by atoms with van der Waals surface area (Å²) in [5, 5.41) is 15.6. The molecule has 3 N–H and O–H groups in total. The van der Waals surface area contributed by atoms with Gasteiger partial charge in [-0.15, -0.1) is 6.58 Å². The Bertz CT molecular complexity index is 295. The normalized spacial score (nSPS) is 32.9. The summed E-state index contributed by atoms with van der Waals surface area (Å²) < 4.78 is 0. The maximum Gasteiger partial charge on any atom is 0.315 e. The molecule has 0 bridgehead atoms. The zero-order valence-corrected chi connectivity index (χ0v) is 10.1. The van der Waals surface area contributed by atoms with E-state index in [0.717, 1.165) is 25.9 Å². The molecular weight excluding hydrogens is 218 g/mol. The first-order chi connectivity index (χ1) is 8.20. The van der Waals surface area contributed by atoms with Crippen molar-refractivity contribution in [2.75, 3.05) is 19.6 Å². The van der Waals surface area contributed by atoms with Crippen LogP contribution in [0, 0.1) is 0 Å². The Labute approximate surface area is 102 Å². The van der Waals surface area contributed by atoms with Crippen molar-refractivity contribution in [2.45, 2.75) is 37.5 Å². The van der Waals surface area contributed by atoms with Crippen molar-refractivity contribution in [3.05, 3.63) is 12.7 Å². The lowest BCUT2D eigenvalue weighted by atomic mass is 9.96. The molecule has 2 fully saturated rings. The van der Waals surface area contributed by atoms with Gasteiger partial charge in [0.25, 0.3) is 0 Å². The zero-order valence-electron chi connectivity index (χ0n) is 10.1. The predicted molar refractivity (Wildman–Crippen MR) is 65.7 cm³/mol. The fraction of sp³-hybridized carbons (Fsp3) is 0.750. The van der Waals surface area contributed by atoms with Gasteiger partial charge in [0.2, 0.25) is 0 Å². The molecule has 0 spiro atoms. The molecule has 0 saturated carbocycles. The molecule has 5 nitrogen and oxygen atoms in total.